The molecule has 2 heterocycles. The van der Waals surface area contributed by atoms with Gasteiger partial charge in [-0.25, -0.2) is 14.4 Å². The summed E-state index contributed by atoms with van der Waals surface area (Å²) < 4.78 is 18.5. The number of hydrogen-bond donors (Lipinski definition) is 1. The summed E-state index contributed by atoms with van der Waals surface area (Å²) in [7, 11) is 0. The minimum atomic E-state index is -0.581. The van der Waals surface area contributed by atoms with Crippen molar-refractivity contribution < 1.29 is 8.81 Å². The lowest BCUT2D eigenvalue weighted by molar-refractivity contribution is 0.542. The van der Waals surface area contributed by atoms with E-state index in [2.05, 4.69) is 9.97 Å². The first kappa shape index (κ1) is 9.64. The Morgan fingerprint density at radius 3 is 2.53 bits per heavy atom. The molecule has 0 aliphatic rings. The van der Waals surface area contributed by atoms with Gasteiger partial charge in [-0.1, -0.05) is 0 Å². The second kappa shape index (κ2) is 3.34. The molecule has 2 aromatic heterocycles. The number of aryl methyl sites for hydroxylation is 2. The summed E-state index contributed by atoms with van der Waals surface area (Å²) in [6.45, 7) is 3.34. The number of anilines is 1. The maximum absolute atomic E-state index is 13.2. The monoisotopic (exact) mass is 207 g/mol. The predicted molar refractivity (Wildman–Crippen MR) is 53.6 cm³/mol. The van der Waals surface area contributed by atoms with Crippen molar-refractivity contribution in [3.8, 4) is 11.6 Å². The number of nitrogen functional groups attached to an aromatic ring is 1. The van der Waals surface area contributed by atoms with Crippen molar-refractivity contribution in [3.05, 3.63) is 29.4 Å². The first-order chi connectivity index (χ1) is 7.08. The van der Waals surface area contributed by atoms with E-state index in [1.165, 1.54) is 6.92 Å². The molecule has 0 aliphatic heterocycles. The summed E-state index contributed by atoms with van der Waals surface area (Å²) in [6.07, 6.45) is 0. The number of furan rings is 1. The number of nitrogens with zero attached hydrogens (tertiary/aromatic N) is 2. The van der Waals surface area contributed by atoms with Gasteiger partial charge in [0.2, 0.25) is 0 Å². The van der Waals surface area contributed by atoms with Crippen LogP contribution in [0.25, 0.3) is 11.6 Å². The molecule has 2 rings (SSSR count). The van der Waals surface area contributed by atoms with Crippen molar-refractivity contribution in [1.82, 2.24) is 9.97 Å². The zero-order valence-electron chi connectivity index (χ0n) is 8.41. The fraction of sp³-hybridized carbons (Fsp3) is 0.200. The van der Waals surface area contributed by atoms with Crippen molar-refractivity contribution in [1.29, 1.82) is 0 Å². The molecule has 0 aromatic carbocycles. The zero-order valence-corrected chi connectivity index (χ0v) is 8.41. The molecule has 2 aromatic rings. The second-order valence-corrected chi connectivity index (χ2v) is 3.24. The fourth-order valence-corrected chi connectivity index (χ4v) is 1.25. The molecule has 0 radical (unpaired) electrons. The third kappa shape index (κ3) is 1.68. The lowest BCUT2D eigenvalue weighted by Gasteiger charge is -2.01. The van der Waals surface area contributed by atoms with Crippen molar-refractivity contribution in [2.24, 2.45) is 0 Å². The smallest absolute Gasteiger partial charge is 0.198 e. The normalized spacial score (nSPS) is 10.6. The van der Waals surface area contributed by atoms with E-state index in [0.29, 0.717) is 11.6 Å². The van der Waals surface area contributed by atoms with Crippen LogP contribution in [-0.2, 0) is 0 Å². The third-order valence-corrected chi connectivity index (χ3v) is 2.00. The molecule has 0 saturated heterocycles. The lowest BCUT2D eigenvalue weighted by atomic mass is 10.3. The van der Waals surface area contributed by atoms with Gasteiger partial charge in [0.1, 0.15) is 5.76 Å². The van der Waals surface area contributed by atoms with E-state index in [9.17, 15) is 4.39 Å². The van der Waals surface area contributed by atoms with Gasteiger partial charge in [-0.2, -0.15) is 0 Å². The molecule has 0 amide bonds. The Balaban J connectivity index is 2.55. The van der Waals surface area contributed by atoms with Gasteiger partial charge in [-0.05, 0) is 26.0 Å². The Morgan fingerprint density at radius 2 is 2.00 bits per heavy atom. The molecule has 2 N–H and O–H groups in total. The van der Waals surface area contributed by atoms with E-state index in [1.54, 1.807) is 12.1 Å². The van der Waals surface area contributed by atoms with Gasteiger partial charge in [0.05, 0.1) is 5.69 Å². The van der Waals surface area contributed by atoms with Gasteiger partial charge in [0.25, 0.3) is 0 Å². The van der Waals surface area contributed by atoms with Crippen molar-refractivity contribution in [2.45, 2.75) is 13.8 Å². The summed E-state index contributed by atoms with van der Waals surface area (Å²) in [4.78, 5) is 7.77. The number of aromatic nitrogens is 2. The molecule has 0 fully saturated rings. The fourth-order valence-electron chi connectivity index (χ4n) is 1.25. The Kier molecular flexibility index (Phi) is 2.15. The van der Waals surface area contributed by atoms with Crippen molar-refractivity contribution >= 4 is 5.82 Å². The summed E-state index contributed by atoms with van der Waals surface area (Å²) in [6, 6.07) is 3.51. The van der Waals surface area contributed by atoms with Gasteiger partial charge in [-0.15, -0.1) is 0 Å². The molecule has 0 aliphatic carbocycles. The quantitative estimate of drug-likeness (QED) is 0.777. The van der Waals surface area contributed by atoms with Gasteiger partial charge in [0.15, 0.2) is 23.2 Å². The van der Waals surface area contributed by atoms with Crippen LogP contribution in [0.3, 0.4) is 0 Å². The maximum Gasteiger partial charge on any atom is 0.198 e. The van der Waals surface area contributed by atoms with Gasteiger partial charge < -0.3 is 10.2 Å². The predicted octanol–water partition coefficient (Wildman–Crippen LogP) is 2.07. The topological polar surface area (TPSA) is 64.9 Å². The highest BCUT2D eigenvalue weighted by Crippen LogP contribution is 2.21. The Morgan fingerprint density at radius 1 is 1.27 bits per heavy atom. The molecule has 0 spiro atoms. The average molecular weight is 207 g/mol. The van der Waals surface area contributed by atoms with Crippen LogP contribution in [0.4, 0.5) is 10.2 Å². The Hall–Kier alpha value is -1.91. The number of rotatable bonds is 1. The number of halogens is 1. The van der Waals surface area contributed by atoms with Crippen LogP contribution < -0.4 is 5.73 Å². The first-order valence-corrected chi connectivity index (χ1v) is 4.44. The largest absolute Gasteiger partial charge is 0.458 e. The van der Waals surface area contributed by atoms with E-state index in [0.717, 1.165) is 5.76 Å². The highest BCUT2D eigenvalue weighted by Gasteiger charge is 2.12. The summed E-state index contributed by atoms with van der Waals surface area (Å²) in [5.41, 5.74) is 5.61. The van der Waals surface area contributed by atoms with Crippen LogP contribution in [0.5, 0.6) is 0 Å². The standard InChI is InChI=1S/C10H10FN3O/c1-5-3-4-7(15-5)10-13-6(2)8(11)9(12)14-10/h3-4H,1-2H3,(H2,12,13,14). The highest BCUT2D eigenvalue weighted by atomic mass is 19.1. The zero-order chi connectivity index (χ0) is 11.0. The highest BCUT2D eigenvalue weighted by molar-refractivity contribution is 5.50. The van der Waals surface area contributed by atoms with Crippen LogP contribution >= 0.6 is 0 Å². The third-order valence-electron chi connectivity index (χ3n) is 2.00. The molecule has 0 saturated carbocycles. The van der Waals surface area contributed by atoms with Crippen LogP contribution in [0.2, 0.25) is 0 Å². The van der Waals surface area contributed by atoms with E-state index in [4.69, 9.17) is 10.2 Å². The van der Waals surface area contributed by atoms with E-state index >= 15 is 0 Å². The molecule has 4 nitrogen and oxygen atoms in total. The van der Waals surface area contributed by atoms with Crippen LogP contribution in [0, 0.1) is 19.7 Å². The Bertz CT molecular complexity index is 484. The number of nitrogens with two attached hydrogens (primary N) is 1. The average Bonchev–Trinajstić information content (AvgIpc) is 2.60. The van der Waals surface area contributed by atoms with Gasteiger partial charge >= 0.3 is 0 Å². The molecule has 5 heteroatoms. The summed E-state index contributed by atoms with van der Waals surface area (Å²) in [5.74, 6) is 0.796. The minimum absolute atomic E-state index is 0.161. The molecule has 78 valence electrons. The number of hydrogen-bond acceptors (Lipinski definition) is 4. The Labute approximate surface area is 86.0 Å². The molecule has 0 bridgehead atoms. The molecule has 0 atom stereocenters. The maximum atomic E-state index is 13.2. The van der Waals surface area contributed by atoms with Crippen LogP contribution in [0.1, 0.15) is 11.5 Å². The van der Waals surface area contributed by atoms with Crippen LogP contribution in [-0.4, -0.2) is 9.97 Å². The van der Waals surface area contributed by atoms with E-state index < -0.39 is 5.82 Å². The van der Waals surface area contributed by atoms with E-state index in [1.807, 2.05) is 6.92 Å². The van der Waals surface area contributed by atoms with Crippen LogP contribution in [0.15, 0.2) is 16.5 Å². The molecular weight excluding hydrogens is 197 g/mol. The summed E-state index contributed by atoms with van der Waals surface area (Å²) in [5, 5.41) is 0. The SMILES string of the molecule is Cc1ccc(-c2nc(C)c(F)c(N)n2)o1. The first-order valence-electron chi connectivity index (χ1n) is 4.44. The molecule has 15 heavy (non-hydrogen) atoms. The van der Waals surface area contributed by atoms with Crippen molar-refractivity contribution in [3.63, 3.8) is 0 Å². The van der Waals surface area contributed by atoms with Gasteiger partial charge in [0, 0.05) is 0 Å². The van der Waals surface area contributed by atoms with Crippen molar-refractivity contribution in [2.75, 3.05) is 5.73 Å². The summed E-state index contributed by atoms with van der Waals surface area (Å²) >= 11 is 0. The second-order valence-electron chi connectivity index (χ2n) is 3.24. The minimum Gasteiger partial charge on any atom is -0.458 e. The van der Waals surface area contributed by atoms with E-state index in [-0.39, 0.29) is 11.5 Å². The molecular formula is C10H10FN3O. The molecule has 0 unspecified atom stereocenters. The lowest BCUT2D eigenvalue weighted by Crippen LogP contribution is -2.02. The van der Waals surface area contributed by atoms with Gasteiger partial charge in [-0.3, -0.25) is 0 Å².